The Labute approximate surface area is 102 Å². The van der Waals surface area contributed by atoms with Gasteiger partial charge in [-0.25, -0.2) is 0 Å². The summed E-state index contributed by atoms with van der Waals surface area (Å²) >= 11 is 0. The van der Waals surface area contributed by atoms with Crippen LogP contribution in [0.3, 0.4) is 0 Å². The molecule has 0 N–H and O–H groups in total. The summed E-state index contributed by atoms with van der Waals surface area (Å²) in [6, 6.07) is 0. The van der Waals surface area contributed by atoms with E-state index in [0.29, 0.717) is 16.7 Å². The predicted octanol–water partition coefficient (Wildman–Crippen LogP) is 5.36. The highest BCUT2D eigenvalue weighted by Gasteiger charge is 2.43. The first-order chi connectivity index (χ1) is 7.20. The molecule has 0 nitrogen and oxygen atoms in total. The number of rotatable bonds is 2. The molecule has 1 rings (SSSR count). The lowest BCUT2D eigenvalue weighted by Crippen LogP contribution is -2.39. The predicted molar refractivity (Wildman–Crippen MR) is 73.5 cm³/mol. The lowest BCUT2D eigenvalue weighted by molar-refractivity contribution is 0.124. The zero-order valence-corrected chi connectivity index (χ0v) is 12.1. The normalized spacial score (nSPS) is 28.8. The Kier molecular flexibility index (Phi) is 3.72. The molecule has 0 fully saturated rings. The second kappa shape index (κ2) is 4.39. The Morgan fingerprint density at radius 1 is 1.38 bits per heavy atom. The molecule has 0 saturated heterocycles. The molecule has 0 heterocycles. The van der Waals surface area contributed by atoms with Gasteiger partial charge in [-0.1, -0.05) is 57.9 Å². The molecule has 92 valence electrons. The van der Waals surface area contributed by atoms with Crippen molar-refractivity contribution in [1.82, 2.24) is 0 Å². The summed E-state index contributed by atoms with van der Waals surface area (Å²) in [7, 11) is 0. The zero-order chi connectivity index (χ0) is 12.6. The number of hydrogen-bond acceptors (Lipinski definition) is 0. The molecule has 0 aromatic rings. The van der Waals surface area contributed by atoms with E-state index in [4.69, 9.17) is 0 Å². The van der Waals surface area contributed by atoms with Crippen LogP contribution >= 0.6 is 0 Å². The highest BCUT2D eigenvalue weighted by Crippen LogP contribution is 2.52. The molecule has 0 saturated carbocycles. The van der Waals surface area contributed by atoms with Crippen LogP contribution in [0.1, 0.15) is 61.3 Å². The second-order valence-electron chi connectivity index (χ2n) is 6.77. The minimum Gasteiger partial charge on any atom is -0.0856 e. The lowest BCUT2D eigenvalue weighted by Gasteiger charge is -2.48. The number of allylic oxidation sites excluding steroid dienone is 4. The van der Waals surface area contributed by atoms with E-state index in [1.165, 1.54) is 6.42 Å². The van der Waals surface area contributed by atoms with Crippen molar-refractivity contribution in [1.29, 1.82) is 0 Å². The van der Waals surface area contributed by atoms with E-state index in [1.54, 1.807) is 11.1 Å². The lowest BCUT2D eigenvalue weighted by atomic mass is 9.56. The van der Waals surface area contributed by atoms with Crippen molar-refractivity contribution in [3.05, 3.63) is 23.3 Å². The van der Waals surface area contributed by atoms with Gasteiger partial charge < -0.3 is 0 Å². The summed E-state index contributed by atoms with van der Waals surface area (Å²) in [5.74, 6) is 0.670. The third-order valence-electron chi connectivity index (χ3n) is 3.86. The van der Waals surface area contributed by atoms with Crippen molar-refractivity contribution in [2.75, 3.05) is 0 Å². The average Bonchev–Trinajstić information content (AvgIpc) is 1.96. The fraction of sp³-hybridized carbons (Fsp3) is 0.750. The zero-order valence-electron chi connectivity index (χ0n) is 12.1. The standard InChI is InChI=1S/C16H28/c1-8-9-13(3)14-15(4,5)10-12(2)11-16(14,6)7/h9-10,14H,8,11H2,1-7H3/b13-9+. The Morgan fingerprint density at radius 2 is 1.94 bits per heavy atom. The quantitative estimate of drug-likeness (QED) is 0.549. The molecule has 0 aliphatic heterocycles. The van der Waals surface area contributed by atoms with Crippen LogP contribution in [0.15, 0.2) is 23.3 Å². The van der Waals surface area contributed by atoms with E-state index in [-0.39, 0.29) is 0 Å². The van der Waals surface area contributed by atoms with Crippen molar-refractivity contribution in [3.63, 3.8) is 0 Å². The maximum atomic E-state index is 2.48. The van der Waals surface area contributed by atoms with Crippen molar-refractivity contribution in [2.24, 2.45) is 16.7 Å². The molecule has 1 aliphatic rings. The minimum atomic E-state index is 0.293. The fourth-order valence-corrected chi connectivity index (χ4v) is 4.24. The first-order valence-electron chi connectivity index (χ1n) is 6.55. The van der Waals surface area contributed by atoms with Gasteiger partial charge >= 0.3 is 0 Å². The fourth-order valence-electron chi connectivity index (χ4n) is 4.24. The maximum absolute atomic E-state index is 2.48. The van der Waals surface area contributed by atoms with Gasteiger partial charge in [0.05, 0.1) is 0 Å². The first-order valence-corrected chi connectivity index (χ1v) is 6.55. The molecule has 0 amide bonds. The van der Waals surface area contributed by atoms with E-state index >= 15 is 0 Å². The van der Waals surface area contributed by atoms with Gasteiger partial charge in [0.15, 0.2) is 0 Å². The molecule has 0 aromatic carbocycles. The molecule has 1 aliphatic carbocycles. The van der Waals surface area contributed by atoms with Gasteiger partial charge in [-0.15, -0.1) is 0 Å². The summed E-state index contributed by atoms with van der Waals surface area (Å²) in [5.41, 5.74) is 3.80. The van der Waals surface area contributed by atoms with Gasteiger partial charge in [0.25, 0.3) is 0 Å². The summed E-state index contributed by atoms with van der Waals surface area (Å²) in [6.07, 6.45) is 7.27. The maximum Gasteiger partial charge on any atom is -0.00656 e. The Bertz CT molecular complexity index is 313. The smallest absolute Gasteiger partial charge is 0.00656 e. The van der Waals surface area contributed by atoms with Crippen molar-refractivity contribution < 1.29 is 0 Å². The van der Waals surface area contributed by atoms with E-state index in [2.05, 4.69) is 60.6 Å². The molecule has 16 heavy (non-hydrogen) atoms. The molecule has 0 radical (unpaired) electrons. The SMILES string of the molecule is CC/C=C(\C)C1C(C)(C)C=C(C)CC1(C)C. The minimum absolute atomic E-state index is 0.293. The Morgan fingerprint density at radius 3 is 2.38 bits per heavy atom. The van der Waals surface area contributed by atoms with Crippen molar-refractivity contribution in [2.45, 2.75) is 61.3 Å². The van der Waals surface area contributed by atoms with Crippen LogP contribution < -0.4 is 0 Å². The van der Waals surface area contributed by atoms with Crippen LogP contribution in [-0.4, -0.2) is 0 Å². The molecule has 0 spiro atoms. The monoisotopic (exact) mass is 220 g/mol. The van der Waals surface area contributed by atoms with Gasteiger partial charge in [-0.2, -0.15) is 0 Å². The van der Waals surface area contributed by atoms with Gasteiger partial charge in [-0.05, 0) is 43.4 Å². The van der Waals surface area contributed by atoms with Crippen LogP contribution in [0.25, 0.3) is 0 Å². The molecular formula is C16H28. The van der Waals surface area contributed by atoms with Gasteiger partial charge in [-0.3, -0.25) is 0 Å². The van der Waals surface area contributed by atoms with E-state index in [9.17, 15) is 0 Å². The largest absolute Gasteiger partial charge is 0.0856 e. The third-order valence-corrected chi connectivity index (χ3v) is 3.86. The summed E-state index contributed by atoms with van der Waals surface area (Å²) in [5, 5.41) is 0. The van der Waals surface area contributed by atoms with Crippen LogP contribution in [0.2, 0.25) is 0 Å². The van der Waals surface area contributed by atoms with Crippen molar-refractivity contribution >= 4 is 0 Å². The molecule has 0 heteroatoms. The summed E-state index contributed by atoms with van der Waals surface area (Å²) < 4.78 is 0. The summed E-state index contributed by atoms with van der Waals surface area (Å²) in [4.78, 5) is 0. The van der Waals surface area contributed by atoms with Crippen LogP contribution in [0.4, 0.5) is 0 Å². The molecule has 0 aromatic heterocycles. The molecular weight excluding hydrogens is 192 g/mol. The topological polar surface area (TPSA) is 0 Å². The highest BCUT2D eigenvalue weighted by atomic mass is 14.5. The average molecular weight is 220 g/mol. The van der Waals surface area contributed by atoms with Crippen LogP contribution in [0.5, 0.6) is 0 Å². The second-order valence-corrected chi connectivity index (χ2v) is 6.77. The van der Waals surface area contributed by atoms with Gasteiger partial charge in [0, 0.05) is 0 Å². The highest BCUT2D eigenvalue weighted by molar-refractivity contribution is 5.24. The molecule has 0 bridgehead atoms. The number of hydrogen-bond donors (Lipinski definition) is 0. The van der Waals surface area contributed by atoms with E-state index < -0.39 is 0 Å². The first kappa shape index (κ1) is 13.5. The third kappa shape index (κ3) is 2.59. The van der Waals surface area contributed by atoms with Crippen LogP contribution in [0, 0.1) is 16.7 Å². The van der Waals surface area contributed by atoms with Crippen molar-refractivity contribution in [3.8, 4) is 0 Å². The Hall–Kier alpha value is -0.520. The van der Waals surface area contributed by atoms with E-state index in [1.807, 2.05) is 0 Å². The van der Waals surface area contributed by atoms with E-state index in [0.717, 1.165) is 6.42 Å². The van der Waals surface area contributed by atoms with Crippen LogP contribution in [-0.2, 0) is 0 Å². The van der Waals surface area contributed by atoms with Gasteiger partial charge in [0.1, 0.15) is 0 Å². The summed E-state index contributed by atoms with van der Waals surface area (Å²) in [6.45, 7) is 16.4. The molecule has 1 unspecified atom stereocenters. The Balaban J connectivity index is 3.18. The van der Waals surface area contributed by atoms with Gasteiger partial charge in [0.2, 0.25) is 0 Å². The molecule has 1 atom stereocenters.